The highest BCUT2D eigenvalue weighted by molar-refractivity contribution is 5.74. The number of halogens is 2. The molecule has 0 bridgehead atoms. The first-order chi connectivity index (χ1) is 8.13. The van der Waals surface area contributed by atoms with Gasteiger partial charge < -0.3 is 15.3 Å². The molecule has 0 saturated heterocycles. The average molecular weight is 250 g/mol. The van der Waals surface area contributed by atoms with Crippen molar-refractivity contribution in [1.29, 1.82) is 0 Å². The van der Waals surface area contributed by atoms with Crippen molar-refractivity contribution in [3.63, 3.8) is 0 Å². The number of carbonyl (C=O) groups excluding carboxylic acids is 1. The van der Waals surface area contributed by atoms with Crippen molar-refractivity contribution in [2.75, 3.05) is 19.7 Å². The summed E-state index contributed by atoms with van der Waals surface area (Å²) in [6, 6.07) is -0.402. The van der Waals surface area contributed by atoms with Crippen molar-refractivity contribution < 1.29 is 18.7 Å². The van der Waals surface area contributed by atoms with Gasteiger partial charge in [-0.15, -0.1) is 0 Å². The second-order valence-electron chi connectivity index (χ2n) is 4.35. The molecule has 4 nitrogen and oxygen atoms in total. The van der Waals surface area contributed by atoms with E-state index in [4.69, 9.17) is 5.11 Å². The molecule has 17 heavy (non-hydrogen) atoms. The largest absolute Gasteiger partial charge is 0.395 e. The van der Waals surface area contributed by atoms with E-state index in [-0.39, 0.29) is 19.2 Å². The molecule has 0 radical (unpaired) electrons. The summed E-state index contributed by atoms with van der Waals surface area (Å²) in [5.74, 6) is 0. The summed E-state index contributed by atoms with van der Waals surface area (Å²) < 4.78 is 24.5. The molecular weight excluding hydrogens is 230 g/mol. The molecule has 1 aliphatic carbocycles. The molecule has 1 saturated carbocycles. The van der Waals surface area contributed by atoms with Crippen molar-refractivity contribution in [2.24, 2.45) is 0 Å². The topological polar surface area (TPSA) is 52.6 Å². The Morgan fingerprint density at radius 3 is 2.53 bits per heavy atom. The molecular formula is C11H20F2N2O2. The van der Waals surface area contributed by atoms with E-state index in [9.17, 15) is 13.6 Å². The minimum Gasteiger partial charge on any atom is -0.395 e. The van der Waals surface area contributed by atoms with Crippen molar-refractivity contribution in [3.8, 4) is 0 Å². The molecule has 1 aliphatic rings. The van der Waals surface area contributed by atoms with Crippen molar-refractivity contribution in [1.82, 2.24) is 10.2 Å². The van der Waals surface area contributed by atoms with Gasteiger partial charge in [0.25, 0.3) is 6.43 Å². The lowest BCUT2D eigenvalue weighted by molar-refractivity contribution is 0.0887. The third kappa shape index (κ3) is 5.30. The number of aliphatic hydroxyl groups excluding tert-OH is 1. The molecule has 0 unspecified atom stereocenters. The van der Waals surface area contributed by atoms with Crippen molar-refractivity contribution >= 4 is 6.03 Å². The number of alkyl halides is 2. The fourth-order valence-electron chi connectivity index (χ4n) is 2.08. The second-order valence-corrected chi connectivity index (χ2v) is 4.35. The molecule has 0 spiro atoms. The standard InChI is InChI=1S/C11H20F2N2O2/c12-10(13)8-15(6-7-16)11(17)14-9-4-2-1-3-5-9/h9-10,16H,1-8H2,(H,14,17). The zero-order chi connectivity index (χ0) is 12.7. The first-order valence-electron chi connectivity index (χ1n) is 6.08. The molecule has 6 heteroatoms. The number of amides is 2. The first kappa shape index (κ1) is 14.2. The smallest absolute Gasteiger partial charge is 0.317 e. The maximum atomic E-state index is 12.2. The van der Waals surface area contributed by atoms with E-state index in [1.165, 1.54) is 6.42 Å². The summed E-state index contributed by atoms with van der Waals surface area (Å²) in [6.45, 7) is -0.979. The summed E-state index contributed by atoms with van der Waals surface area (Å²) in [4.78, 5) is 12.7. The van der Waals surface area contributed by atoms with Crippen LogP contribution in [0.3, 0.4) is 0 Å². The van der Waals surface area contributed by atoms with Gasteiger partial charge in [-0.1, -0.05) is 19.3 Å². The van der Waals surface area contributed by atoms with E-state index in [0.29, 0.717) is 0 Å². The Kier molecular flexibility index (Phi) is 6.18. The molecule has 0 aromatic carbocycles. The van der Waals surface area contributed by atoms with Crippen LogP contribution in [0.15, 0.2) is 0 Å². The fraction of sp³-hybridized carbons (Fsp3) is 0.909. The highest BCUT2D eigenvalue weighted by Gasteiger charge is 2.21. The van der Waals surface area contributed by atoms with Crippen LogP contribution >= 0.6 is 0 Å². The maximum absolute atomic E-state index is 12.2. The van der Waals surface area contributed by atoms with Crippen LogP contribution in [0.5, 0.6) is 0 Å². The zero-order valence-corrected chi connectivity index (χ0v) is 9.87. The molecule has 100 valence electrons. The summed E-state index contributed by atoms with van der Waals surface area (Å²) in [5.41, 5.74) is 0. The Morgan fingerprint density at radius 1 is 1.35 bits per heavy atom. The lowest BCUT2D eigenvalue weighted by Gasteiger charge is -2.27. The van der Waals surface area contributed by atoms with Gasteiger partial charge in [0.05, 0.1) is 13.2 Å². The van der Waals surface area contributed by atoms with Gasteiger partial charge in [0.2, 0.25) is 0 Å². The van der Waals surface area contributed by atoms with E-state index in [1.54, 1.807) is 0 Å². The minimum absolute atomic E-state index is 0.0527. The zero-order valence-electron chi connectivity index (χ0n) is 9.87. The van der Waals surface area contributed by atoms with Crippen LogP contribution in [0.4, 0.5) is 13.6 Å². The Hall–Kier alpha value is -0.910. The van der Waals surface area contributed by atoms with E-state index in [2.05, 4.69) is 5.32 Å². The Bertz CT molecular complexity index is 234. The number of carbonyl (C=O) groups is 1. The Morgan fingerprint density at radius 2 is 2.00 bits per heavy atom. The number of hydrogen-bond donors (Lipinski definition) is 2. The Balaban J connectivity index is 2.39. The molecule has 1 rings (SSSR count). The van der Waals surface area contributed by atoms with Gasteiger partial charge >= 0.3 is 6.03 Å². The minimum atomic E-state index is -2.57. The normalized spacial score (nSPS) is 17.2. The first-order valence-corrected chi connectivity index (χ1v) is 6.08. The predicted octanol–water partition coefficient (Wildman–Crippen LogP) is 1.59. The number of aliphatic hydroxyl groups is 1. The van der Waals surface area contributed by atoms with Crippen LogP contribution in [-0.2, 0) is 0 Å². The fourth-order valence-corrected chi connectivity index (χ4v) is 2.08. The summed E-state index contributed by atoms with van der Waals surface area (Å²) >= 11 is 0. The van der Waals surface area contributed by atoms with Gasteiger partial charge in [0, 0.05) is 12.6 Å². The molecule has 0 aromatic rings. The van der Waals surface area contributed by atoms with Crippen LogP contribution in [0.25, 0.3) is 0 Å². The van der Waals surface area contributed by atoms with E-state index in [1.807, 2.05) is 0 Å². The molecule has 2 amide bonds. The van der Waals surface area contributed by atoms with E-state index < -0.39 is 19.0 Å². The van der Waals surface area contributed by atoms with Gasteiger partial charge in [-0.3, -0.25) is 0 Å². The molecule has 2 N–H and O–H groups in total. The number of nitrogens with zero attached hydrogens (tertiary/aromatic N) is 1. The number of hydrogen-bond acceptors (Lipinski definition) is 2. The van der Waals surface area contributed by atoms with Crippen molar-refractivity contribution in [3.05, 3.63) is 0 Å². The van der Waals surface area contributed by atoms with Gasteiger partial charge in [-0.25, -0.2) is 13.6 Å². The third-order valence-corrected chi connectivity index (χ3v) is 2.95. The SMILES string of the molecule is O=C(NC1CCCCC1)N(CCO)CC(F)F. The van der Waals surface area contributed by atoms with Gasteiger partial charge in [-0.05, 0) is 12.8 Å². The molecule has 0 aliphatic heterocycles. The lowest BCUT2D eigenvalue weighted by atomic mass is 9.96. The number of urea groups is 1. The molecule has 0 atom stereocenters. The highest BCUT2D eigenvalue weighted by Crippen LogP contribution is 2.17. The van der Waals surface area contributed by atoms with Crippen LogP contribution < -0.4 is 5.32 Å². The van der Waals surface area contributed by atoms with Crippen LogP contribution in [-0.4, -0.2) is 48.2 Å². The third-order valence-electron chi connectivity index (χ3n) is 2.95. The Labute approximate surface area is 100.0 Å². The number of rotatable bonds is 5. The lowest BCUT2D eigenvalue weighted by Crippen LogP contribution is -2.48. The second kappa shape index (κ2) is 7.42. The summed E-state index contributed by atoms with van der Waals surface area (Å²) in [6.07, 6.45) is 2.56. The van der Waals surface area contributed by atoms with Crippen LogP contribution in [0.2, 0.25) is 0 Å². The van der Waals surface area contributed by atoms with Gasteiger partial charge in [0.15, 0.2) is 0 Å². The van der Waals surface area contributed by atoms with Crippen LogP contribution in [0, 0.1) is 0 Å². The van der Waals surface area contributed by atoms with Gasteiger partial charge in [0.1, 0.15) is 0 Å². The summed E-state index contributed by atoms with van der Waals surface area (Å²) in [5, 5.41) is 11.5. The molecule has 0 heterocycles. The highest BCUT2D eigenvalue weighted by atomic mass is 19.3. The predicted molar refractivity (Wildman–Crippen MR) is 60.1 cm³/mol. The van der Waals surface area contributed by atoms with E-state index in [0.717, 1.165) is 30.6 Å². The summed E-state index contributed by atoms with van der Waals surface area (Å²) in [7, 11) is 0. The quantitative estimate of drug-likeness (QED) is 0.778. The van der Waals surface area contributed by atoms with Gasteiger partial charge in [-0.2, -0.15) is 0 Å². The molecule has 0 aromatic heterocycles. The monoisotopic (exact) mass is 250 g/mol. The number of nitrogens with one attached hydrogen (secondary N) is 1. The maximum Gasteiger partial charge on any atom is 0.317 e. The molecule has 1 fully saturated rings. The van der Waals surface area contributed by atoms with Crippen LogP contribution in [0.1, 0.15) is 32.1 Å². The van der Waals surface area contributed by atoms with Crippen molar-refractivity contribution in [2.45, 2.75) is 44.6 Å². The average Bonchev–Trinajstić information content (AvgIpc) is 2.29. The van der Waals surface area contributed by atoms with E-state index >= 15 is 0 Å².